The molecule has 4 nitrogen and oxygen atoms in total. The van der Waals surface area contributed by atoms with Crippen molar-refractivity contribution in [2.45, 2.75) is 0 Å². The standard InChI is InChI=1S/C24H15Cl2N3OS2/c25-16-10-12-17(13-11-16)29-19(15-6-2-1-3-7-15)14-31-24(29)28-27-23(30)22-21(26)18-8-4-5-9-20(18)32-22/h1-14H,(H,27,30)/b28-24-. The Labute approximate surface area is 202 Å². The molecular weight excluding hydrogens is 481 g/mol. The van der Waals surface area contributed by atoms with Crippen molar-refractivity contribution in [1.29, 1.82) is 0 Å². The summed E-state index contributed by atoms with van der Waals surface area (Å²) in [5.74, 6) is -0.339. The zero-order valence-electron chi connectivity index (χ0n) is 16.5. The molecule has 2 aromatic heterocycles. The maximum absolute atomic E-state index is 12.9. The number of fused-ring (bicyclic) bond motifs is 1. The van der Waals surface area contributed by atoms with Gasteiger partial charge in [0, 0.05) is 26.2 Å². The minimum absolute atomic E-state index is 0.339. The highest BCUT2D eigenvalue weighted by Gasteiger charge is 2.17. The predicted octanol–water partition coefficient (Wildman–Crippen LogP) is 6.97. The molecule has 158 valence electrons. The van der Waals surface area contributed by atoms with Crippen LogP contribution in [-0.2, 0) is 0 Å². The summed E-state index contributed by atoms with van der Waals surface area (Å²) >= 11 is 15.3. The van der Waals surface area contributed by atoms with Crippen LogP contribution >= 0.6 is 45.9 Å². The molecule has 2 heterocycles. The number of thiazole rings is 1. The summed E-state index contributed by atoms with van der Waals surface area (Å²) in [6.45, 7) is 0. The van der Waals surface area contributed by atoms with E-state index in [-0.39, 0.29) is 5.91 Å². The molecule has 0 fully saturated rings. The number of rotatable bonds is 4. The first-order chi connectivity index (χ1) is 15.6. The first-order valence-corrected chi connectivity index (χ1v) is 12.1. The van der Waals surface area contributed by atoms with E-state index >= 15 is 0 Å². The molecule has 0 aliphatic rings. The van der Waals surface area contributed by atoms with Crippen LogP contribution in [-0.4, -0.2) is 10.5 Å². The van der Waals surface area contributed by atoms with Gasteiger partial charge in [0.05, 0.1) is 10.7 Å². The monoisotopic (exact) mass is 495 g/mol. The van der Waals surface area contributed by atoms with Crippen LogP contribution in [0.15, 0.2) is 89.3 Å². The highest BCUT2D eigenvalue weighted by molar-refractivity contribution is 7.21. The Morgan fingerprint density at radius 2 is 1.62 bits per heavy atom. The molecule has 0 radical (unpaired) electrons. The Morgan fingerprint density at radius 1 is 0.906 bits per heavy atom. The molecule has 0 spiro atoms. The van der Waals surface area contributed by atoms with Crippen LogP contribution in [0.25, 0.3) is 27.0 Å². The van der Waals surface area contributed by atoms with E-state index < -0.39 is 0 Å². The molecular formula is C24H15Cl2N3OS2. The van der Waals surface area contributed by atoms with Gasteiger partial charge in [0.1, 0.15) is 4.88 Å². The average molecular weight is 496 g/mol. The van der Waals surface area contributed by atoms with Gasteiger partial charge in [-0.2, -0.15) is 0 Å². The van der Waals surface area contributed by atoms with Crippen molar-refractivity contribution in [3.63, 3.8) is 0 Å². The highest BCUT2D eigenvalue weighted by atomic mass is 35.5. The summed E-state index contributed by atoms with van der Waals surface area (Å²) in [4.78, 5) is 13.9. The van der Waals surface area contributed by atoms with E-state index in [1.54, 1.807) is 0 Å². The van der Waals surface area contributed by atoms with Gasteiger partial charge in [0.2, 0.25) is 4.80 Å². The number of carbonyl (C=O) groups is 1. The number of aromatic nitrogens is 1. The number of hydrogen-bond donors (Lipinski definition) is 1. The van der Waals surface area contributed by atoms with Crippen LogP contribution < -0.4 is 10.2 Å². The van der Waals surface area contributed by atoms with Crippen molar-refractivity contribution in [3.8, 4) is 16.9 Å². The van der Waals surface area contributed by atoms with Crippen molar-refractivity contribution >= 4 is 61.9 Å². The smallest absolute Gasteiger partial charge is 0.283 e. The topological polar surface area (TPSA) is 46.4 Å². The highest BCUT2D eigenvalue weighted by Crippen LogP contribution is 2.35. The van der Waals surface area contributed by atoms with Gasteiger partial charge in [0.15, 0.2) is 0 Å². The van der Waals surface area contributed by atoms with Gasteiger partial charge in [-0.1, -0.05) is 71.7 Å². The van der Waals surface area contributed by atoms with Gasteiger partial charge in [0.25, 0.3) is 5.91 Å². The van der Waals surface area contributed by atoms with Crippen molar-refractivity contribution in [1.82, 2.24) is 9.99 Å². The summed E-state index contributed by atoms with van der Waals surface area (Å²) < 4.78 is 2.95. The summed E-state index contributed by atoms with van der Waals surface area (Å²) in [5.41, 5.74) is 5.57. The second kappa shape index (κ2) is 8.92. The fraction of sp³-hybridized carbons (Fsp3) is 0. The molecule has 5 rings (SSSR count). The number of amides is 1. The van der Waals surface area contributed by atoms with E-state index in [2.05, 4.69) is 10.5 Å². The zero-order valence-corrected chi connectivity index (χ0v) is 19.6. The number of hydrogen-bond acceptors (Lipinski definition) is 4. The summed E-state index contributed by atoms with van der Waals surface area (Å²) in [6.07, 6.45) is 0. The SMILES string of the molecule is O=C(N/N=c1\scc(-c2ccccc2)n1-c1ccc(Cl)cc1)c1sc2ccccc2c1Cl. The van der Waals surface area contributed by atoms with Gasteiger partial charge < -0.3 is 0 Å². The number of halogens is 2. The molecule has 0 aliphatic heterocycles. The zero-order chi connectivity index (χ0) is 22.1. The van der Waals surface area contributed by atoms with Crippen LogP contribution in [0.4, 0.5) is 0 Å². The van der Waals surface area contributed by atoms with Gasteiger partial charge >= 0.3 is 0 Å². The van der Waals surface area contributed by atoms with Crippen LogP contribution in [0.2, 0.25) is 10.0 Å². The first kappa shape index (κ1) is 21.0. The molecule has 1 N–H and O–H groups in total. The van der Waals surface area contributed by atoms with E-state index in [1.165, 1.54) is 22.7 Å². The molecule has 0 atom stereocenters. The van der Waals surface area contributed by atoms with E-state index in [4.69, 9.17) is 23.2 Å². The fourth-order valence-electron chi connectivity index (χ4n) is 3.35. The molecule has 32 heavy (non-hydrogen) atoms. The third-order valence-electron chi connectivity index (χ3n) is 4.86. The van der Waals surface area contributed by atoms with E-state index in [0.717, 1.165) is 27.0 Å². The molecule has 0 bridgehead atoms. The third kappa shape index (κ3) is 3.98. The van der Waals surface area contributed by atoms with E-state index in [1.807, 2.05) is 88.8 Å². The van der Waals surface area contributed by atoms with Gasteiger partial charge in [-0.15, -0.1) is 27.8 Å². The van der Waals surface area contributed by atoms with Crippen molar-refractivity contribution in [3.05, 3.63) is 104 Å². The molecule has 0 saturated carbocycles. The maximum Gasteiger partial charge on any atom is 0.283 e. The van der Waals surface area contributed by atoms with Gasteiger partial charge in [-0.05, 0) is 35.9 Å². The van der Waals surface area contributed by atoms with Crippen LogP contribution in [0.5, 0.6) is 0 Å². The summed E-state index contributed by atoms with van der Waals surface area (Å²) in [5, 5.41) is 8.41. The number of thiophene rings is 1. The van der Waals surface area contributed by atoms with Crippen LogP contribution in [0.3, 0.4) is 0 Å². The van der Waals surface area contributed by atoms with Crippen LogP contribution in [0, 0.1) is 0 Å². The molecule has 3 aromatic carbocycles. The normalized spacial score (nSPS) is 11.8. The average Bonchev–Trinajstić information content (AvgIpc) is 3.40. The number of nitrogens with zero attached hydrogens (tertiary/aromatic N) is 2. The molecule has 0 saturated heterocycles. The quantitative estimate of drug-likeness (QED) is 0.268. The van der Waals surface area contributed by atoms with Crippen molar-refractivity contribution < 1.29 is 4.79 Å². The Kier molecular flexibility index (Phi) is 5.85. The maximum atomic E-state index is 12.9. The van der Waals surface area contributed by atoms with Gasteiger partial charge in [-0.3, -0.25) is 9.36 Å². The Hall–Kier alpha value is -2.90. The lowest BCUT2D eigenvalue weighted by Gasteiger charge is -2.09. The van der Waals surface area contributed by atoms with Crippen molar-refractivity contribution in [2.24, 2.45) is 5.10 Å². The summed E-state index contributed by atoms with van der Waals surface area (Å²) in [7, 11) is 0. The lowest BCUT2D eigenvalue weighted by atomic mass is 10.1. The predicted molar refractivity (Wildman–Crippen MR) is 134 cm³/mol. The molecule has 5 aromatic rings. The Balaban J connectivity index is 1.56. The largest absolute Gasteiger partial charge is 0.284 e. The second-order valence-electron chi connectivity index (χ2n) is 6.88. The number of carbonyl (C=O) groups excluding carboxylic acids is 1. The minimum atomic E-state index is -0.339. The van der Waals surface area contributed by atoms with E-state index in [0.29, 0.717) is 19.7 Å². The van der Waals surface area contributed by atoms with E-state index in [9.17, 15) is 4.79 Å². The van der Waals surface area contributed by atoms with Crippen molar-refractivity contribution in [2.75, 3.05) is 0 Å². The molecule has 1 amide bonds. The minimum Gasteiger partial charge on any atom is -0.284 e. The Morgan fingerprint density at radius 3 is 2.38 bits per heavy atom. The lowest BCUT2D eigenvalue weighted by Crippen LogP contribution is -2.23. The Bertz CT molecular complexity index is 1490. The molecule has 0 aliphatic carbocycles. The number of nitrogens with one attached hydrogen (secondary N) is 1. The fourth-order valence-corrected chi connectivity index (χ4v) is 5.75. The molecule has 8 heteroatoms. The van der Waals surface area contributed by atoms with Crippen LogP contribution in [0.1, 0.15) is 9.67 Å². The lowest BCUT2D eigenvalue weighted by molar-refractivity contribution is 0.0957. The number of benzene rings is 3. The summed E-state index contributed by atoms with van der Waals surface area (Å²) in [6, 6.07) is 25.2. The van der Waals surface area contributed by atoms with Gasteiger partial charge in [-0.25, -0.2) is 5.43 Å². The first-order valence-electron chi connectivity index (χ1n) is 9.65. The molecule has 0 unspecified atom stereocenters. The third-order valence-corrected chi connectivity index (χ3v) is 7.61. The second-order valence-corrected chi connectivity index (χ2v) is 9.58.